The Labute approximate surface area is 334 Å². The molecule has 0 N–H and O–H groups in total. The second-order valence-corrected chi connectivity index (χ2v) is 17.1. The van der Waals surface area contributed by atoms with E-state index in [0.717, 1.165) is 56.8 Å². The first-order valence-electron chi connectivity index (χ1n) is 20.8. The molecule has 8 aromatic carbocycles. The lowest BCUT2D eigenvalue weighted by molar-refractivity contribution is 0.229. The fourth-order valence-electron chi connectivity index (χ4n) is 11.5. The molecule has 4 bridgehead atoms. The molecule has 0 radical (unpaired) electrons. The van der Waals surface area contributed by atoms with Crippen LogP contribution in [-0.2, 0) is 5.41 Å². The summed E-state index contributed by atoms with van der Waals surface area (Å²) in [6.07, 6.45) is 7.17. The summed E-state index contributed by atoms with van der Waals surface area (Å²) in [6.45, 7) is 0. The maximum absolute atomic E-state index is 6.62. The van der Waals surface area contributed by atoms with Crippen molar-refractivity contribution in [3.63, 3.8) is 0 Å². The van der Waals surface area contributed by atoms with E-state index in [2.05, 4.69) is 187 Å². The van der Waals surface area contributed by atoms with Crippen LogP contribution in [-0.4, -0.2) is 0 Å². The zero-order valence-corrected chi connectivity index (χ0v) is 31.9. The van der Waals surface area contributed by atoms with E-state index >= 15 is 0 Å². The van der Waals surface area contributed by atoms with E-state index in [-0.39, 0.29) is 0 Å². The summed E-state index contributed by atoms with van der Waals surface area (Å²) in [5.74, 6) is 2.90. The fraction of sp³-hybridized carbons (Fsp3) is 0.164. The Morgan fingerprint density at radius 1 is 0.456 bits per heavy atom. The third-order valence-corrected chi connectivity index (χ3v) is 13.9. The van der Waals surface area contributed by atoms with Gasteiger partial charge >= 0.3 is 0 Å². The monoisotopic (exact) mass is 733 g/mol. The molecule has 4 aliphatic carbocycles. The largest absolute Gasteiger partial charge is 0.456 e. The molecule has 2 nitrogen and oxygen atoms in total. The van der Waals surface area contributed by atoms with Crippen molar-refractivity contribution < 1.29 is 4.42 Å². The molecule has 0 saturated heterocycles. The molecule has 0 spiro atoms. The van der Waals surface area contributed by atoms with Crippen molar-refractivity contribution in [2.75, 3.05) is 4.90 Å². The first-order valence-corrected chi connectivity index (χ1v) is 20.8. The predicted octanol–water partition coefficient (Wildman–Crippen LogP) is 15.3. The summed E-state index contributed by atoms with van der Waals surface area (Å²) in [7, 11) is 0. The average Bonchev–Trinajstić information content (AvgIpc) is 3.88. The number of furan rings is 1. The molecular weight excluding hydrogens is 691 g/mol. The Kier molecular flexibility index (Phi) is 7.39. The van der Waals surface area contributed by atoms with Gasteiger partial charge in [-0.15, -0.1) is 0 Å². The van der Waals surface area contributed by atoms with Crippen LogP contribution >= 0.6 is 0 Å². The van der Waals surface area contributed by atoms with Crippen LogP contribution in [0.2, 0.25) is 0 Å². The molecule has 13 rings (SSSR count). The van der Waals surface area contributed by atoms with Crippen molar-refractivity contribution in [2.24, 2.45) is 17.8 Å². The molecule has 0 amide bonds. The van der Waals surface area contributed by atoms with E-state index < -0.39 is 0 Å². The summed E-state index contributed by atoms with van der Waals surface area (Å²) in [5, 5.41) is 4.76. The van der Waals surface area contributed by atoms with Gasteiger partial charge in [-0.3, -0.25) is 0 Å². The minimum Gasteiger partial charge on any atom is -0.456 e. The van der Waals surface area contributed by atoms with Crippen LogP contribution in [0.5, 0.6) is 0 Å². The van der Waals surface area contributed by atoms with E-state index in [1.165, 1.54) is 76.3 Å². The standard InChI is InChI=1S/C55H43NO/c1-2-8-37(9-3-1)38-18-25-46(26-19-38)56(47-27-20-41(21-28-47)49-13-6-11-40-10-4-5-12-48(40)49)51-14-7-15-53-54(51)50-32-42(22-29-52(50)57-53)39-16-23-45(24-17-39)55-33-36-30-43(34-55)44(31-36)35-55/h1-29,32,36,43-44H,30-31,33-35H2. The maximum Gasteiger partial charge on any atom is 0.137 e. The number of rotatable bonds is 7. The van der Waals surface area contributed by atoms with Gasteiger partial charge in [0.1, 0.15) is 11.2 Å². The van der Waals surface area contributed by atoms with Crippen LogP contribution < -0.4 is 4.90 Å². The molecule has 4 fully saturated rings. The van der Waals surface area contributed by atoms with Crippen molar-refractivity contribution in [1.82, 2.24) is 0 Å². The number of benzene rings is 8. The first-order chi connectivity index (χ1) is 28.2. The second kappa shape index (κ2) is 12.8. The van der Waals surface area contributed by atoms with Gasteiger partial charge in [0.2, 0.25) is 0 Å². The lowest BCUT2D eigenvalue weighted by Gasteiger charge is -2.39. The molecule has 9 aromatic rings. The van der Waals surface area contributed by atoms with E-state index in [1.54, 1.807) is 5.56 Å². The van der Waals surface area contributed by atoms with E-state index in [4.69, 9.17) is 4.42 Å². The van der Waals surface area contributed by atoms with Gasteiger partial charge in [0.25, 0.3) is 0 Å². The Morgan fingerprint density at radius 3 is 1.82 bits per heavy atom. The highest BCUT2D eigenvalue weighted by molar-refractivity contribution is 6.14. The second-order valence-electron chi connectivity index (χ2n) is 17.1. The summed E-state index contributed by atoms with van der Waals surface area (Å²) in [4.78, 5) is 2.39. The summed E-state index contributed by atoms with van der Waals surface area (Å²) < 4.78 is 6.62. The normalized spacial score (nSPS) is 20.9. The van der Waals surface area contributed by atoms with Gasteiger partial charge in [0.05, 0.1) is 11.1 Å². The molecule has 57 heavy (non-hydrogen) atoms. The molecular formula is C55H43NO. The highest BCUT2D eigenvalue weighted by Crippen LogP contribution is 2.64. The zero-order valence-electron chi connectivity index (χ0n) is 31.9. The van der Waals surface area contributed by atoms with Crippen LogP contribution in [0.4, 0.5) is 17.1 Å². The molecule has 2 heteroatoms. The highest BCUT2D eigenvalue weighted by atomic mass is 16.3. The van der Waals surface area contributed by atoms with Crippen LogP contribution in [0.15, 0.2) is 186 Å². The number of fused-ring (bicyclic) bond motifs is 4. The predicted molar refractivity (Wildman–Crippen MR) is 237 cm³/mol. The maximum atomic E-state index is 6.62. The molecule has 2 unspecified atom stereocenters. The lowest BCUT2D eigenvalue weighted by atomic mass is 9.66. The van der Waals surface area contributed by atoms with Gasteiger partial charge in [-0.05, 0) is 154 Å². The van der Waals surface area contributed by atoms with Crippen LogP contribution in [0.3, 0.4) is 0 Å². The molecule has 274 valence electrons. The van der Waals surface area contributed by atoms with Crippen LogP contribution in [0, 0.1) is 17.8 Å². The van der Waals surface area contributed by atoms with E-state index in [9.17, 15) is 0 Å². The quantitative estimate of drug-likeness (QED) is 0.162. The van der Waals surface area contributed by atoms with Crippen molar-refractivity contribution in [2.45, 2.75) is 37.5 Å². The van der Waals surface area contributed by atoms with Gasteiger partial charge in [0, 0.05) is 16.8 Å². The third-order valence-electron chi connectivity index (χ3n) is 13.9. The Balaban J connectivity index is 0.967. The lowest BCUT2D eigenvalue weighted by Crippen LogP contribution is -2.31. The first kappa shape index (κ1) is 32.8. The molecule has 1 aromatic heterocycles. The zero-order chi connectivity index (χ0) is 37.5. The van der Waals surface area contributed by atoms with Gasteiger partial charge < -0.3 is 9.32 Å². The fourth-order valence-corrected chi connectivity index (χ4v) is 11.5. The number of hydrogen-bond donors (Lipinski definition) is 0. The van der Waals surface area contributed by atoms with Crippen molar-refractivity contribution in [3.8, 4) is 33.4 Å². The van der Waals surface area contributed by atoms with Gasteiger partial charge in [0.15, 0.2) is 0 Å². The minimum absolute atomic E-state index is 0.421. The molecule has 4 aliphatic rings. The Bertz CT molecular complexity index is 2910. The number of anilines is 3. The smallest absolute Gasteiger partial charge is 0.137 e. The molecule has 2 atom stereocenters. The topological polar surface area (TPSA) is 16.4 Å². The SMILES string of the molecule is c1ccc(-c2ccc(N(c3ccc(-c4cccc5ccccc45)cc3)c3cccc4oc5ccc(-c6ccc(C78CC9CC(C7)C(C9)C8)cc6)cc5c34)cc2)cc1. The van der Waals surface area contributed by atoms with Crippen molar-refractivity contribution in [1.29, 1.82) is 0 Å². The average molecular weight is 734 g/mol. The summed E-state index contributed by atoms with van der Waals surface area (Å²) in [5.41, 5.74) is 14.4. The van der Waals surface area contributed by atoms with Gasteiger partial charge in [-0.1, -0.05) is 133 Å². The van der Waals surface area contributed by atoms with Crippen LogP contribution in [0.1, 0.15) is 37.7 Å². The summed E-state index contributed by atoms with van der Waals surface area (Å²) in [6, 6.07) is 66.7. The van der Waals surface area contributed by atoms with Gasteiger partial charge in [-0.25, -0.2) is 0 Å². The molecule has 0 aliphatic heterocycles. The van der Waals surface area contributed by atoms with E-state index in [1.807, 2.05) is 0 Å². The minimum atomic E-state index is 0.421. The van der Waals surface area contributed by atoms with Crippen molar-refractivity contribution >= 4 is 49.8 Å². The van der Waals surface area contributed by atoms with Crippen molar-refractivity contribution in [3.05, 3.63) is 188 Å². The number of hydrogen-bond acceptors (Lipinski definition) is 2. The summed E-state index contributed by atoms with van der Waals surface area (Å²) >= 11 is 0. The Hall–Kier alpha value is -6.38. The molecule has 1 heterocycles. The van der Waals surface area contributed by atoms with Gasteiger partial charge in [-0.2, -0.15) is 0 Å². The number of nitrogens with zero attached hydrogens (tertiary/aromatic N) is 1. The Morgan fingerprint density at radius 2 is 1.07 bits per heavy atom. The molecule has 4 saturated carbocycles. The van der Waals surface area contributed by atoms with E-state index in [0.29, 0.717) is 5.41 Å². The highest BCUT2D eigenvalue weighted by Gasteiger charge is 2.56. The third kappa shape index (κ3) is 5.38. The van der Waals surface area contributed by atoms with Crippen LogP contribution in [0.25, 0.3) is 66.1 Å².